The summed E-state index contributed by atoms with van der Waals surface area (Å²) < 4.78 is 11.1. The molecule has 1 fully saturated rings. The highest BCUT2D eigenvalue weighted by Crippen LogP contribution is 2.42. The number of nitrogens with zero attached hydrogens (tertiary/aromatic N) is 1. The molecule has 2 aromatic rings. The van der Waals surface area contributed by atoms with Crippen LogP contribution in [0.3, 0.4) is 0 Å². The molecule has 2 heterocycles. The summed E-state index contributed by atoms with van der Waals surface area (Å²) >= 11 is 0. The smallest absolute Gasteiger partial charge is 0.162 e. The number of aromatic nitrogens is 2. The fourth-order valence-electron chi connectivity index (χ4n) is 2.30. The Kier molecular flexibility index (Phi) is 2.14. The second kappa shape index (κ2) is 3.74. The first-order valence-corrected chi connectivity index (χ1v) is 6.49. The van der Waals surface area contributed by atoms with E-state index < -0.39 is 0 Å². The van der Waals surface area contributed by atoms with Crippen molar-refractivity contribution in [2.24, 2.45) is 5.73 Å². The molecular weight excluding hydrogens is 242 g/mol. The monoisotopic (exact) mass is 257 g/mol. The molecule has 0 amide bonds. The number of hydrogen-bond donors (Lipinski definition) is 2. The van der Waals surface area contributed by atoms with Gasteiger partial charge in [-0.05, 0) is 31.0 Å². The summed E-state index contributed by atoms with van der Waals surface area (Å²) in [6.07, 6.45) is 3.83. The molecule has 19 heavy (non-hydrogen) atoms. The third-order valence-electron chi connectivity index (χ3n) is 3.69. The van der Waals surface area contributed by atoms with E-state index in [9.17, 15) is 0 Å². The summed E-state index contributed by atoms with van der Waals surface area (Å²) in [6.45, 7) is 1.20. The molecule has 0 atom stereocenters. The maximum Gasteiger partial charge on any atom is 0.162 e. The summed E-state index contributed by atoms with van der Waals surface area (Å²) in [5.74, 6) is 2.46. The van der Waals surface area contributed by atoms with E-state index >= 15 is 0 Å². The highest BCUT2D eigenvalue weighted by Gasteiger charge is 2.42. The van der Waals surface area contributed by atoms with Gasteiger partial charge in [-0.3, -0.25) is 0 Å². The molecule has 1 aliphatic heterocycles. The summed E-state index contributed by atoms with van der Waals surface area (Å²) in [5.41, 5.74) is 7.90. The molecule has 98 valence electrons. The van der Waals surface area contributed by atoms with Crippen LogP contribution in [0.4, 0.5) is 0 Å². The van der Waals surface area contributed by atoms with Crippen LogP contribution < -0.4 is 15.2 Å². The maximum absolute atomic E-state index is 6.13. The maximum atomic E-state index is 6.13. The van der Waals surface area contributed by atoms with Crippen molar-refractivity contribution in [3.63, 3.8) is 0 Å². The van der Waals surface area contributed by atoms with Gasteiger partial charge in [-0.25, -0.2) is 4.98 Å². The number of H-pyrrole nitrogens is 1. The topological polar surface area (TPSA) is 73.2 Å². The van der Waals surface area contributed by atoms with Gasteiger partial charge in [0.05, 0.1) is 17.4 Å². The fourth-order valence-corrected chi connectivity index (χ4v) is 2.30. The Labute approximate surface area is 110 Å². The minimum atomic E-state index is -0.230. The fraction of sp³-hybridized carbons (Fsp3) is 0.357. The van der Waals surface area contributed by atoms with Crippen molar-refractivity contribution in [1.29, 1.82) is 0 Å². The molecule has 0 bridgehead atoms. The molecule has 2 aliphatic rings. The third kappa shape index (κ3) is 1.77. The Morgan fingerprint density at radius 2 is 1.95 bits per heavy atom. The molecular formula is C14H15N3O2. The van der Waals surface area contributed by atoms with Crippen LogP contribution in [0.15, 0.2) is 24.4 Å². The van der Waals surface area contributed by atoms with Crippen LogP contribution in [0, 0.1) is 0 Å². The van der Waals surface area contributed by atoms with Gasteiger partial charge in [0.25, 0.3) is 0 Å². The molecule has 0 radical (unpaired) electrons. The van der Waals surface area contributed by atoms with Crippen LogP contribution in [0.25, 0.3) is 11.3 Å². The van der Waals surface area contributed by atoms with Crippen LogP contribution in [0.5, 0.6) is 11.5 Å². The van der Waals surface area contributed by atoms with Crippen molar-refractivity contribution in [3.05, 3.63) is 30.2 Å². The molecule has 3 N–H and O–H groups in total. The van der Waals surface area contributed by atoms with E-state index in [1.807, 2.05) is 24.4 Å². The molecule has 1 saturated carbocycles. The Morgan fingerprint density at radius 1 is 1.16 bits per heavy atom. The number of ether oxygens (including phenoxy) is 2. The molecule has 1 aromatic heterocycles. The number of imidazole rings is 1. The van der Waals surface area contributed by atoms with Gasteiger partial charge in [0.2, 0.25) is 0 Å². The summed E-state index contributed by atoms with van der Waals surface area (Å²) in [4.78, 5) is 7.69. The first-order valence-electron chi connectivity index (χ1n) is 6.49. The van der Waals surface area contributed by atoms with E-state index in [1.54, 1.807) is 0 Å². The second-order valence-electron chi connectivity index (χ2n) is 5.16. The van der Waals surface area contributed by atoms with Crippen LogP contribution in [-0.4, -0.2) is 23.2 Å². The Hall–Kier alpha value is -2.01. The Balaban J connectivity index is 1.70. The van der Waals surface area contributed by atoms with Crippen molar-refractivity contribution in [3.8, 4) is 22.8 Å². The number of fused-ring (bicyclic) bond motifs is 1. The first-order chi connectivity index (χ1) is 9.24. The van der Waals surface area contributed by atoms with E-state index in [2.05, 4.69) is 9.97 Å². The van der Waals surface area contributed by atoms with Gasteiger partial charge in [-0.15, -0.1) is 0 Å². The molecule has 0 unspecified atom stereocenters. The Bertz CT molecular complexity index is 631. The van der Waals surface area contributed by atoms with Crippen molar-refractivity contribution < 1.29 is 9.47 Å². The lowest BCUT2D eigenvalue weighted by molar-refractivity contribution is 0.171. The minimum Gasteiger partial charge on any atom is -0.486 e. The Morgan fingerprint density at radius 3 is 2.74 bits per heavy atom. The number of nitrogens with one attached hydrogen (secondary N) is 1. The zero-order valence-corrected chi connectivity index (χ0v) is 10.5. The molecule has 5 heteroatoms. The van der Waals surface area contributed by atoms with Gasteiger partial charge in [0.15, 0.2) is 11.5 Å². The number of aromatic amines is 1. The molecule has 5 nitrogen and oxygen atoms in total. The van der Waals surface area contributed by atoms with E-state index in [0.29, 0.717) is 13.2 Å². The van der Waals surface area contributed by atoms with Gasteiger partial charge >= 0.3 is 0 Å². The highest BCUT2D eigenvalue weighted by molar-refractivity contribution is 5.64. The van der Waals surface area contributed by atoms with Gasteiger partial charge < -0.3 is 20.2 Å². The van der Waals surface area contributed by atoms with Crippen molar-refractivity contribution in [2.75, 3.05) is 13.2 Å². The van der Waals surface area contributed by atoms with E-state index in [4.69, 9.17) is 15.2 Å². The van der Waals surface area contributed by atoms with E-state index in [0.717, 1.165) is 41.4 Å². The molecule has 4 rings (SSSR count). The summed E-state index contributed by atoms with van der Waals surface area (Å²) in [5, 5.41) is 0. The lowest BCUT2D eigenvalue weighted by Crippen LogP contribution is -2.20. The molecule has 1 aromatic carbocycles. The first kappa shape index (κ1) is 10.9. The average molecular weight is 257 g/mol. The normalized spacial score (nSPS) is 19.2. The highest BCUT2D eigenvalue weighted by atomic mass is 16.6. The molecule has 1 aliphatic carbocycles. The molecule has 0 spiro atoms. The van der Waals surface area contributed by atoms with Gasteiger partial charge in [-0.1, -0.05) is 0 Å². The van der Waals surface area contributed by atoms with Crippen LogP contribution >= 0.6 is 0 Å². The largest absolute Gasteiger partial charge is 0.486 e. The van der Waals surface area contributed by atoms with Crippen LogP contribution in [0.2, 0.25) is 0 Å². The van der Waals surface area contributed by atoms with Gasteiger partial charge in [0, 0.05) is 5.56 Å². The number of rotatable bonds is 2. The van der Waals surface area contributed by atoms with Gasteiger partial charge in [-0.2, -0.15) is 0 Å². The van der Waals surface area contributed by atoms with Crippen LogP contribution in [-0.2, 0) is 5.54 Å². The van der Waals surface area contributed by atoms with Gasteiger partial charge in [0.1, 0.15) is 19.0 Å². The van der Waals surface area contributed by atoms with E-state index in [1.165, 1.54) is 0 Å². The second-order valence-corrected chi connectivity index (χ2v) is 5.16. The van der Waals surface area contributed by atoms with Crippen LogP contribution in [0.1, 0.15) is 18.7 Å². The summed E-state index contributed by atoms with van der Waals surface area (Å²) in [6, 6.07) is 5.91. The standard InChI is InChI=1S/C14H15N3O2/c15-14(3-4-14)13-16-8-10(17-13)9-1-2-11-12(7-9)19-6-5-18-11/h1-2,7-8H,3-6,15H2,(H,16,17). The summed E-state index contributed by atoms with van der Waals surface area (Å²) in [7, 11) is 0. The number of benzene rings is 1. The quantitative estimate of drug-likeness (QED) is 0.860. The lowest BCUT2D eigenvalue weighted by atomic mass is 10.1. The zero-order chi connectivity index (χ0) is 12.9. The SMILES string of the molecule is NC1(c2ncc(-c3ccc4c(c3)OCCO4)[nH]2)CC1. The van der Waals surface area contributed by atoms with Crippen molar-refractivity contribution in [1.82, 2.24) is 9.97 Å². The van der Waals surface area contributed by atoms with E-state index in [-0.39, 0.29) is 5.54 Å². The minimum absolute atomic E-state index is 0.230. The predicted octanol–water partition coefficient (Wildman–Crippen LogP) is 1.80. The van der Waals surface area contributed by atoms with Crippen molar-refractivity contribution >= 4 is 0 Å². The molecule has 0 saturated heterocycles. The predicted molar refractivity (Wildman–Crippen MR) is 70.1 cm³/mol. The number of hydrogen-bond acceptors (Lipinski definition) is 4. The van der Waals surface area contributed by atoms with Crippen molar-refractivity contribution in [2.45, 2.75) is 18.4 Å². The third-order valence-corrected chi connectivity index (χ3v) is 3.69. The zero-order valence-electron chi connectivity index (χ0n) is 10.5. The number of nitrogens with two attached hydrogens (primary N) is 1. The average Bonchev–Trinajstić information content (AvgIpc) is 3.02. The lowest BCUT2D eigenvalue weighted by Gasteiger charge is -2.18.